The van der Waals surface area contributed by atoms with Crippen LogP contribution in [0.5, 0.6) is 5.75 Å². The van der Waals surface area contributed by atoms with Crippen molar-refractivity contribution >= 4 is 5.97 Å². The maximum Gasteiger partial charge on any atom is 0.337 e. The summed E-state index contributed by atoms with van der Waals surface area (Å²) in [5.41, 5.74) is 3.41. The van der Waals surface area contributed by atoms with Gasteiger partial charge in [-0.25, -0.2) is 19.7 Å². The van der Waals surface area contributed by atoms with E-state index in [-0.39, 0.29) is 5.75 Å². The van der Waals surface area contributed by atoms with Gasteiger partial charge < -0.3 is 9.84 Å². The van der Waals surface area contributed by atoms with E-state index < -0.39 is 5.97 Å². The number of hydrogen-bond acceptors (Lipinski definition) is 6. The number of esters is 1. The summed E-state index contributed by atoms with van der Waals surface area (Å²) >= 11 is 0. The number of phenolic OH excluding ortho intramolecular Hbond substituents is 1. The van der Waals surface area contributed by atoms with Crippen molar-refractivity contribution < 1.29 is 14.6 Å². The molecule has 30 heavy (non-hydrogen) atoms. The molecule has 0 aliphatic rings. The molecule has 0 fully saturated rings. The minimum atomic E-state index is -0.410. The van der Waals surface area contributed by atoms with Gasteiger partial charge in [-0.15, -0.1) is 0 Å². The smallest absolute Gasteiger partial charge is 0.337 e. The number of nitrogens with zero attached hydrogens (tertiary/aromatic N) is 3. The average Bonchev–Trinajstić information content (AvgIpc) is 2.79. The minimum absolute atomic E-state index is 0.104. The van der Waals surface area contributed by atoms with Crippen LogP contribution in [0.1, 0.15) is 15.9 Å². The lowest BCUT2D eigenvalue weighted by atomic mass is 10.1. The molecule has 1 heterocycles. The Bertz CT molecular complexity index is 1190. The van der Waals surface area contributed by atoms with Crippen molar-refractivity contribution in [1.82, 2.24) is 15.0 Å². The number of hydrogen-bond donors (Lipinski definition) is 1. The molecule has 0 aliphatic heterocycles. The molecule has 148 valence electrons. The second-order valence-electron chi connectivity index (χ2n) is 6.71. The summed E-state index contributed by atoms with van der Waals surface area (Å²) in [4.78, 5) is 25.6. The van der Waals surface area contributed by atoms with E-state index >= 15 is 0 Å². The number of aromatic nitrogens is 3. The molecule has 1 N–H and O–H groups in total. The Kier molecular flexibility index (Phi) is 5.22. The Hall–Kier alpha value is -4.06. The van der Waals surface area contributed by atoms with Crippen LogP contribution in [-0.4, -0.2) is 33.1 Å². The molecular formula is C24H19N3O3. The molecule has 0 amide bonds. The van der Waals surface area contributed by atoms with Crippen LogP contribution in [0.25, 0.3) is 34.2 Å². The van der Waals surface area contributed by atoms with Gasteiger partial charge in [-0.05, 0) is 30.7 Å². The molecular weight excluding hydrogens is 378 g/mol. The van der Waals surface area contributed by atoms with Crippen molar-refractivity contribution in [2.75, 3.05) is 7.11 Å². The highest BCUT2D eigenvalue weighted by molar-refractivity contribution is 5.89. The highest BCUT2D eigenvalue weighted by Gasteiger charge is 2.16. The second-order valence-corrected chi connectivity index (χ2v) is 6.71. The fourth-order valence-corrected chi connectivity index (χ4v) is 3.15. The fourth-order valence-electron chi connectivity index (χ4n) is 3.15. The first kappa shape index (κ1) is 19.3. The van der Waals surface area contributed by atoms with Gasteiger partial charge in [-0.3, -0.25) is 0 Å². The van der Waals surface area contributed by atoms with Gasteiger partial charge in [0.15, 0.2) is 17.5 Å². The first-order valence-electron chi connectivity index (χ1n) is 9.36. The Labute approximate surface area is 173 Å². The Morgan fingerprint density at radius 2 is 1.37 bits per heavy atom. The van der Waals surface area contributed by atoms with Crippen molar-refractivity contribution in [1.29, 1.82) is 0 Å². The van der Waals surface area contributed by atoms with Crippen LogP contribution in [0.15, 0.2) is 72.8 Å². The third kappa shape index (κ3) is 3.75. The van der Waals surface area contributed by atoms with E-state index in [9.17, 15) is 9.90 Å². The van der Waals surface area contributed by atoms with E-state index in [1.54, 1.807) is 36.4 Å². The van der Waals surface area contributed by atoms with Gasteiger partial charge in [0.2, 0.25) is 0 Å². The number of aryl methyl sites for hydroxylation is 1. The SMILES string of the molecule is COC(=O)c1ccc(-c2nc(-c3ccccc3)nc(-c3c(C)cccc3O)n2)cc1. The molecule has 0 bridgehead atoms. The van der Waals surface area contributed by atoms with Gasteiger partial charge in [0, 0.05) is 11.1 Å². The minimum Gasteiger partial charge on any atom is -0.507 e. The summed E-state index contributed by atoms with van der Waals surface area (Å²) in [5.74, 6) is 1.01. The van der Waals surface area contributed by atoms with E-state index in [0.717, 1.165) is 16.7 Å². The number of rotatable bonds is 4. The summed E-state index contributed by atoms with van der Waals surface area (Å²) in [6.07, 6.45) is 0. The predicted octanol–water partition coefficient (Wildman–Crippen LogP) is 4.67. The number of methoxy groups -OCH3 is 1. The van der Waals surface area contributed by atoms with Crippen molar-refractivity contribution in [3.05, 3.63) is 83.9 Å². The standard InChI is InChI=1S/C24H19N3O3/c1-15-7-6-10-19(28)20(15)23-26-21(16-8-4-3-5-9-16)25-22(27-23)17-11-13-18(14-12-17)24(29)30-2/h3-14,28H,1-2H3. The van der Waals surface area contributed by atoms with E-state index in [2.05, 4.69) is 15.0 Å². The van der Waals surface area contributed by atoms with Gasteiger partial charge in [-0.1, -0.05) is 54.6 Å². The largest absolute Gasteiger partial charge is 0.507 e. The molecule has 0 atom stereocenters. The number of ether oxygens (including phenoxy) is 1. The zero-order chi connectivity index (χ0) is 21.1. The third-order valence-electron chi connectivity index (χ3n) is 4.71. The van der Waals surface area contributed by atoms with Gasteiger partial charge in [0.05, 0.1) is 18.2 Å². The Balaban J connectivity index is 1.89. The van der Waals surface area contributed by atoms with E-state index in [1.165, 1.54) is 7.11 Å². The third-order valence-corrected chi connectivity index (χ3v) is 4.71. The maximum atomic E-state index is 11.7. The summed E-state index contributed by atoms with van der Waals surface area (Å²) in [5, 5.41) is 10.4. The molecule has 0 radical (unpaired) electrons. The zero-order valence-electron chi connectivity index (χ0n) is 16.5. The lowest BCUT2D eigenvalue weighted by molar-refractivity contribution is 0.0600. The van der Waals surface area contributed by atoms with E-state index in [0.29, 0.717) is 28.6 Å². The summed E-state index contributed by atoms with van der Waals surface area (Å²) in [6, 6.07) is 21.7. The monoisotopic (exact) mass is 397 g/mol. The molecule has 0 unspecified atom stereocenters. The number of phenols is 1. The molecule has 6 heteroatoms. The molecule has 0 saturated heterocycles. The zero-order valence-corrected chi connectivity index (χ0v) is 16.5. The van der Waals surface area contributed by atoms with Crippen molar-refractivity contribution in [3.8, 4) is 39.9 Å². The molecule has 0 spiro atoms. The van der Waals surface area contributed by atoms with Crippen molar-refractivity contribution in [2.24, 2.45) is 0 Å². The molecule has 3 aromatic carbocycles. The highest BCUT2D eigenvalue weighted by Crippen LogP contribution is 2.32. The topological polar surface area (TPSA) is 85.2 Å². The molecule has 4 aromatic rings. The van der Waals surface area contributed by atoms with E-state index in [4.69, 9.17) is 4.74 Å². The predicted molar refractivity (Wildman–Crippen MR) is 114 cm³/mol. The lowest BCUT2D eigenvalue weighted by Crippen LogP contribution is -2.03. The number of benzene rings is 3. The lowest BCUT2D eigenvalue weighted by Gasteiger charge is -2.11. The van der Waals surface area contributed by atoms with Gasteiger partial charge in [0.1, 0.15) is 5.75 Å². The second kappa shape index (κ2) is 8.13. The van der Waals surface area contributed by atoms with Gasteiger partial charge in [-0.2, -0.15) is 0 Å². The normalized spacial score (nSPS) is 10.6. The first-order chi connectivity index (χ1) is 14.6. The molecule has 0 saturated carbocycles. The molecule has 4 rings (SSSR count). The molecule has 6 nitrogen and oxygen atoms in total. The van der Waals surface area contributed by atoms with Crippen molar-refractivity contribution in [2.45, 2.75) is 6.92 Å². The van der Waals surface area contributed by atoms with Crippen molar-refractivity contribution in [3.63, 3.8) is 0 Å². The number of carbonyl (C=O) groups is 1. The first-order valence-corrected chi connectivity index (χ1v) is 9.36. The molecule has 1 aromatic heterocycles. The average molecular weight is 397 g/mol. The summed E-state index contributed by atoms with van der Waals surface area (Å²) in [7, 11) is 1.34. The number of aromatic hydroxyl groups is 1. The summed E-state index contributed by atoms with van der Waals surface area (Å²) in [6.45, 7) is 1.89. The molecule has 0 aliphatic carbocycles. The van der Waals surface area contributed by atoms with Gasteiger partial charge in [0.25, 0.3) is 0 Å². The summed E-state index contributed by atoms with van der Waals surface area (Å²) < 4.78 is 4.75. The van der Waals surface area contributed by atoms with Crippen LogP contribution in [0, 0.1) is 6.92 Å². The van der Waals surface area contributed by atoms with Gasteiger partial charge >= 0.3 is 5.97 Å². The van der Waals surface area contributed by atoms with E-state index in [1.807, 2.05) is 43.3 Å². The maximum absolute atomic E-state index is 11.7. The van der Waals surface area contributed by atoms with Crippen LogP contribution in [-0.2, 0) is 4.74 Å². The Morgan fingerprint density at radius 1 is 0.767 bits per heavy atom. The van der Waals surface area contributed by atoms with Crippen LogP contribution in [0.2, 0.25) is 0 Å². The quantitative estimate of drug-likeness (QED) is 0.504. The Morgan fingerprint density at radius 3 is 1.97 bits per heavy atom. The number of carbonyl (C=O) groups excluding carboxylic acids is 1. The van der Waals surface area contributed by atoms with Crippen LogP contribution in [0.3, 0.4) is 0 Å². The highest BCUT2D eigenvalue weighted by atomic mass is 16.5. The fraction of sp³-hybridized carbons (Fsp3) is 0.0833. The van der Waals surface area contributed by atoms with Crippen LogP contribution >= 0.6 is 0 Å². The van der Waals surface area contributed by atoms with Crippen LogP contribution in [0.4, 0.5) is 0 Å². The van der Waals surface area contributed by atoms with Crippen LogP contribution < -0.4 is 0 Å².